The van der Waals surface area contributed by atoms with Crippen LogP contribution in [0.3, 0.4) is 0 Å². The summed E-state index contributed by atoms with van der Waals surface area (Å²) in [6, 6.07) is 7.27. The first-order chi connectivity index (χ1) is 12.1. The summed E-state index contributed by atoms with van der Waals surface area (Å²) in [5, 5.41) is 9.61. The van der Waals surface area contributed by atoms with Crippen LogP contribution in [0.5, 0.6) is 0 Å². The molecular weight excluding hydrogens is 358 g/mol. The summed E-state index contributed by atoms with van der Waals surface area (Å²) in [6.07, 6.45) is 2.59. The largest absolute Gasteiger partial charge is 0.333 e. The lowest BCUT2D eigenvalue weighted by atomic mass is 10.1. The molecule has 1 unspecified atom stereocenters. The van der Waals surface area contributed by atoms with Crippen molar-refractivity contribution in [2.45, 2.75) is 13.0 Å². The second-order valence-electron chi connectivity index (χ2n) is 6.44. The Morgan fingerprint density at radius 2 is 2.24 bits per heavy atom. The highest BCUT2D eigenvalue weighted by atomic mass is 35.5. The molecule has 4 aromatic rings. The molecule has 0 radical (unpaired) electrons. The van der Waals surface area contributed by atoms with Gasteiger partial charge in [0.2, 0.25) is 5.78 Å². The second kappa shape index (κ2) is 5.39. The molecule has 6 nitrogen and oxygen atoms in total. The van der Waals surface area contributed by atoms with Gasteiger partial charge in [0.1, 0.15) is 17.7 Å². The zero-order chi connectivity index (χ0) is 17.1. The van der Waals surface area contributed by atoms with Crippen molar-refractivity contribution in [3.05, 3.63) is 56.4 Å². The van der Waals surface area contributed by atoms with E-state index in [1.165, 1.54) is 15.3 Å². The van der Waals surface area contributed by atoms with Gasteiger partial charge in [-0.25, -0.2) is 4.57 Å². The summed E-state index contributed by atoms with van der Waals surface area (Å²) >= 11 is 7.82. The number of likely N-dealkylation sites (N-methyl/N-ethyl adjacent to an activating group) is 1. The Bertz CT molecular complexity index is 1190. The van der Waals surface area contributed by atoms with Crippen molar-refractivity contribution in [1.82, 2.24) is 19.2 Å². The molecule has 0 bridgehead atoms. The Morgan fingerprint density at radius 1 is 1.36 bits per heavy atom. The number of nitrogens with zero attached hydrogens (tertiary/aromatic N) is 4. The molecule has 1 aromatic carbocycles. The van der Waals surface area contributed by atoms with E-state index in [0.29, 0.717) is 16.5 Å². The van der Waals surface area contributed by atoms with Gasteiger partial charge in [-0.15, -0.1) is 21.5 Å². The Kier molecular flexibility index (Phi) is 3.25. The predicted molar refractivity (Wildman–Crippen MR) is 98.1 cm³/mol. The molecule has 0 saturated carbocycles. The summed E-state index contributed by atoms with van der Waals surface area (Å²) in [6.45, 7) is 1.99. The zero-order valence-corrected chi connectivity index (χ0v) is 15.1. The third-order valence-corrected chi connectivity index (χ3v) is 6.23. The van der Waals surface area contributed by atoms with Crippen molar-refractivity contribution >= 4 is 38.9 Å². The third-order valence-electron chi connectivity index (χ3n) is 4.77. The van der Waals surface area contributed by atoms with Crippen LogP contribution in [0, 0.1) is 0 Å². The van der Waals surface area contributed by atoms with Crippen molar-refractivity contribution in [2.24, 2.45) is 0 Å². The first-order valence-electron chi connectivity index (χ1n) is 8.09. The van der Waals surface area contributed by atoms with Gasteiger partial charge < -0.3 is 4.90 Å². The Morgan fingerprint density at radius 3 is 3.08 bits per heavy atom. The van der Waals surface area contributed by atoms with E-state index in [9.17, 15) is 4.79 Å². The molecule has 0 amide bonds. The van der Waals surface area contributed by atoms with Crippen LogP contribution >= 0.6 is 22.9 Å². The quantitative estimate of drug-likeness (QED) is 0.548. The fourth-order valence-corrected chi connectivity index (χ4v) is 5.17. The van der Waals surface area contributed by atoms with Gasteiger partial charge in [0.05, 0.1) is 29.5 Å². The van der Waals surface area contributed by atoms with Crippen LogP contribution in [-0.2, 0) is 13.0 Å². The van der Waals surface area contributed by atoms with Gasteiger partial charge >= 0.3 is 0 Å². The number of benzene rings is 1. The van der Waals surface area contributed by atoms with Crippen LogP contribution in [0.25, 0.3) is 21.7 Å². The Labute approximate surface area is 151 Å². The van der Waals surface area contributed by atoms with Crippen LogP contribution < -0.4 is 10.5 Å². The summed E-state index contributed by atoms with van der Waals surface area (Å²) in [4.78, 5) is 17.1. The molecule has 1 aliphatic rings. The number of hydrogen-bond donors (Lipinski definition) is 1. The summed E-state index contributed by atoms with van der Waals surface area (Å²) in [5.74, 6) is 0.513. The van der Waals surface area contributed by atoms with Crippen LogP contribution in [0.4, 0.5) is 0 Å². The molecular formula is C17H15ClN5OS+. The number of hydrogen-bond acceptors (Lipinski definition) is 4. The van der Waals surface area contributed by atoms with Crippen LogP contribution in [0.15, 0.2) is 35.4 Å². The summed E-state index contributed by atoms with van der Waals surface area (Å²) in [5.41, 5.74) is 1.84. The molecule has 0 aliphatic carbocycles. The van der Waals surface area contributed by atoms with E-state index in [-0.39, 0.29) is 5.56 Å². The summed E-state index contributed by atoms with van der Waals surface area (Å²) < 4.78 is 3.52. The zero-order valence-electron chi connectivity index (χ0n) is 13.5. The van der Waals surface area contributed by atoms with Crippen molar-refractivity contribution in [3.8, 4) is 5.69 Å². The van der Waals surface area contributed by atoms with E-state index in [4.69, 9.17) is 11.6 Å². The maximum Gasteiger partial charge on any atom is 0.268 e. The maximum absolute atomic E-state index is 13.4. The van der Waals surface area contributed by atoms with E-state index >= 15 is 0 Å². The highest BCUT2D eigenvalue weighted by Crippen LogP contribution is 2.31. The van der Waals surface area contributed by atoms with E-state index in [1.54, 1.807) is 34.4 Å². The first-order valence-corrected chi connectivity index (χ1v) is 9.29. The van der Waals surface area contributed by atoms with E-state index in [2.05, 4.69) is 17.2 Å². The number of quaternary nitrogens is 1. The maximum atomic E-state index is 13.4. The highest BCUT2D eigenvalue weighted by Gasteiger charge is 2.26. The Hall–Kier alpha value is -2.22. The smallest absolute Gasteiger partial charge is 0.268 e. The van der Waals surface area contributed by atoms with Gasteiger partial charge in [0.15, 0.2) is 0 Å². The lowest BCUT2D eigenvalue weighted by molar-refractivity contribution is -0.895. The number of thiophene rings is 1. The third kappa shape index (κ3) is 2.16. The normalized spacial score (nSPS) is 17.3. The highest BCUT2D eigenvalue weighted by molar-refractivity contribution is 7.18. The molecule has 1 N–H and O–H groups in total. The lowest BCUT2D eigenvalue weighted by Crippen LogP contribution is -3.08. The number of halogens is 1. The van der Waals surface area contributed by atoms with Crippen molar-refractivity contribution in [2.75, 3.05) is 13.6 Å². The SMILES string of the molecule is C[NH+]1CCc2c(sc3c2c(=O)n(-c2cccc(Cl)c2)c2nncn32)C1. The fourth-order valence-electron chi connectivity index (χ4n) is 3.57. The molecule has 1 aliphatic heterocycles. The van der Waals surface area contributed by atoms with Crippen molar-refractivity contribution in [3.63, 3.8) is 0 Å². The second-order valence-corrected chi connectivity index (χ2v) is 7.96. The Balaban J connectivity index is 1.93. The molecule has 126 valence electrons. The van der Waals surface area contributed by atoms with Crippen molar-refractivity contribution in [1.29, 1.82) is 0 Å². The monoisotopic (exact) mass is 372 g/mol. The van der Waals surface area contributed by atoms with Gasteiger partial charge in [-0.2, -0.15) is 0 Å². The molecule has 5 rings (SSSR count). The molecule has 0 fully saturated rings. The standard InChI is InChI=1S/C17H14ClN5OS/c1-21-6-5-12-13(8-21)25-16-14(12)15(24)23(17-20-19-9-22(16)17)11-4-2-3-10(18)7-11/h2-4,7,9H,5-6,8H2,1H3/p+1. The lowest BCUT2D eigenvalue weighted by Gasteiger charge is -2.19. The minimum absolute atomic E-state index is 0.0465. The van der Waals surface area contributed by atoms with E-state index in [0.717, 1.165) is 29.7 Å². The average molecular weight is 373 g/mol. The minimum Gasteiger partial charge on any atom is -0.333 e. The molecule has 1 atom stereocenters. The van der Waals surface area contributed by atoms with Crippen LogP contribution in [0.1, 0.15) is 10.4 Å². The molecule has 3 aromatic heterocycles. The number of rotatable bonds is 1. The van der Waals surface area contributed by atoms with Gasteiger partial charge in [-0.3, -0.25) is 9.20 Å². The molecule has 4 heterocycles. The predicted octanol–water partition coefficient (Wildman–Crippen LogP) is 1.32. The van der Waals surface area contributed by atoms with Crippen LogP contribution in [-0.4, -0.2) is 32.8 Å². The fraction of sp³-hybridized carbons (Fsp3) is 0.235. The van der Waals surface area contributed by atoms with E-state index < -0.39 is 0 Å². The average Bonchev–Trinajstić information content (AvgIpc) is 3.19. The topological polar surface area (TPSA) is 56.6 Å². The molecule has 0 saturated heterocycles. The van der Waals surface area contributed by atoms with Gasteiger partial charge in [0.25, 0.3) is 5.56 Å². The number of aromatic nitrogens is 4. The minimum atomic E-state index is -0.0465. The van der Waals surface area contributed by atoms with Gasteiger partial charge in [0, 0.05) is 11.4 Å². The molecule has 0 spiro atoms. The number of nitrogens with one attached hydrogen (secondary N) is 1. The van der Waals surface area contributed by atoms with Gasteiger partial charge in [-0.1, -0.05) is 17.7 Å². The molecule has 8 heteroatoms. The summed E-state index contributed by atoms with van der Waals surface area (Å²) in [7, 11) is 2.19. The molecule has 25 heavy (non-hydrogen) atoms. The number of fused-ring (bicyclic) bond motifs is 5. The van der Waals surface area contributed by atoms with Crippen LogP contribution in [0.2, 0.25) is 5.02 Å². The van der Waals surface area contributed by atoms with E-state index in [1.807, 2.05) is 16.5 Å². The van der Waals surface area contributed by atoms with Gasteiger partial charge in [-0.05, 0) is 23.8 Å². The van der Waals surface area contributed by atoms with Crippen molar-refractivity contribution < 1.29 is 4.90 Å². The first kappa shape index (κ1) is 15.1.